The van der Waals surface area contributed by atoms with Crippen LogP contribution in [0.4, 0.5) is 4.79 Å². The van der Waals surface area contributed by atoms with Gasteiger partial charge >= 0.3 is 12.0 Å². The Kier molecular flexibility index (Phi) is 4.18. The zero-order valence-electron chi connectivity index (χ0n) is 13.0. The number of allylic oxidation sites excluding steroid dienone is 1. The highest BCUT2D eigenvalue weighted by atomic mass is 16.5. The molecular formula is C16H17N3O3. The number of ether oxygens (including phenoxy) is 1. The fraction of sp³-hybridized carbons (Fsp3) is 0.312. The monoisotopic (exact) mass is 299 g/mol. The van der Waals surface area contributed by atoms with Crippen LogP contribution in [0, 0.1) is 11.3 Å². The van der Waals surface area contributed by atoms with Gasteiger partial charge in [0, 0.05) is 19.8 Å². The van der Waals surface area contributed by atoms with Crippen LogP contribution in [0.25, 0.3) is 0 Å². The lowest BCUT2D eigenvalue weighted by molar-refractivity contribution is -0.137. The number of esters is 1. The van der Waals surface area contributed by atoms with Crippen molar-refractivity contribution in [2.45, 2.75) is 13.0 Å². The molecule has 1 aromatic rings. The van der Waals surface area contributed by atoms with Gasteiger partial charge in [-0.1, -0.05) is 12.1 Å². The van der Waals surface area contributed by atoms with Gasteiger partial charge in [-0.25, -0.2) is 9.59 Å². The van der Waals surface area contributed by atoms with Crippen LogP contribution in [0.2, 0.25) is 0 Å². The third-order valence-electron chi connectivity index (χ3n) is 3.88. The molecular weight excluding hydrogens is 282 g/mol. The van der Waals surface area contributed by atoms with E-state index in [0.29, 0.717) is 22.4 Å². The van der Waals surface area contributed by atoms with E-state index < -0.39 is 12.0 Å². The first kappa shape index (κ1) is 15.6. The number of benzene rings is 1. The zero-order valence-corrected chi connectivity index (χ0v) is 13.0. The van der Waals surface area contributed by atoms with Crippen molar-refractivity contribution in [1.29, 1.82) is 5.26 Å². The Hall–Kier alpha value is -2.81. The quantitative estimate of drug-likeness (QED) is 0.783. The first-order valence-corrected chi connectivity index (χ1v) is 6.72. The minimum Gasteiger partial charge on any atom is -0.466 e. The van der Waals surface area contributed by atoms with Crippen molar-refractivity contribution in [3.05, 3.63) is 46.7 Å². The fourth-order valence-corrected chi connectivity index (χ4v) is 2.60. The summed E-state index contributed by atoms with van der Waals surface area (Å²) >= 11 is 0. The molecule has 0 radical (unpaired) electrons. The van der Waals surface area contributed by atoms with Gasteiger partial charge in [-0.05, 0) is 24.6 Å². The van der Waals surface area contributed by atoms with Gasteiger partial charge in [0.1, 0.15) is 0 Å². The number of rotatable bonds is 2. The molecule has 0 saturated heterocycles. The number of methoxy groups -OCH3 is 1. The van der Waals surface area contributed by atoms with E-state index in [0.717, 1.165) is 0 Å². The van der Waals surface area contributed by atoms with Crippen molar-refractivity contribution in [1.82, 2.24) is 9.80 Å². The first-order chi connectivity index (χ1) is 10.4. The summed E-state index contributed by atoms with van der Waals surface area (Å²) in [5, 5.41) is 9.05. The highest BCUT2D eigenvalue weighted by Crippen LogP contribution is 2.36. The van der Waals surface area contributed by atoms with E-state index in [4.69, 9.17) is 10.00 Å². The molecule has 0 spiro atoms. The topological polar surface area (TPSA) is 73.6 Å². The van der Waals surface area contributed by atoms with Gasteiger partial charge < -0.3 is 14.5 Å². The van der Waals surface area contributed by atoms with Gasteiger partial charge in [-0.15, -0.1) is 0 Å². The molecule has 6 heteroatoms. The molecule has 0 aromatic heterocycles. The maximum absolute atomic E-state index is 12.3. The number of nitriles is 1. The number of hydrogen-bond acceptors (Lipinski definition) is 4. The maximum Gasteiger partial charge on any atom is 0.337 e. The number of urea groups is 1. The number of likely N-dealkylation sites (N-methyl/N-ethyl adjacent to an activating group) is 1. The summed E-state index contributed by atoms with van der Waals surface area (Å²) in [6.07, 6.45) is 0. The van der Waals surface area contributed by atoms with Crippen LogP contribution in [0.3, 0.4) is 0 Å². The summed E-state index contributed by atoms with van der Waals surface area (Å²) in [6.45, 7) is 1.71. The number of amides is 2. The number of hydrogen-bond donors (Lipinski definition) is 0. The van der Waals surface area contributed by atoms with Gasteiger partial charge in [0.15, 0.2) is 0 Å². The summed E-state index contributed by atoms with van der Waals surface area (Å²) < 4.78 is 4.87. The molecule has 0 aliphatic carbocycles. The molecule has 1 atom stereocenters. The van der Waals surface area contributed by atoms with Crippen molar-refractivity contribution < 1.29 is 14.3 Å². The van der Waals surface area contributed by atoms with Gasteiger partial charge in [0.2, 0.25) is 0 Å². The molecule has 0 N–H and O–H groups in total. The average molecular weight is 299 g/mol. The van der Waals surface area contributed by atoms with Crippen LogP contribution in [0.15, 0.2) is 35.5 Å². The van der Waals surface area contributed by atoms with E-state index >= 15 is 0 Å². The SMILES string of the molecule is COC(=O)C1=C(C)N(C)C(=O)N(C)[C@H]1c1cccc(C#N)c1. The molecule has 0 bridgehead atoms. The van der Waals surface area contributed by atoms with Crippen LogP contribution in [-0.4, -0.2) is 43.0 Å². The largest absolute Gasteiger partial charge is 0.466 e. The average Bonchev–Trinajstić information content (AvgIpc) is 2.55. The normalized spacial score (nSPS) is 18.3. The molecule has 1 aliphatic rings. The van der Waals surface area contributed by atoms with E-state index in [2.05, 4.69) is 6.07 Å². The van der Waals surface area contributed by atoms with Gasteiger partial charge in [0.25, 0.3) is 0 Å². The highest BCUT2D eigenvalue weighted by Gasteiger charge is 2.38. The van der Waals surface area contributed by atoms with Gasteiger partial charge in [0.05, 0.1) is 30.4 Å². The maximum atomic E-state index is 12.3. The van der Waals surface area contributed by atoms with Crippen molar-refractivity contribution >= 4 is 12.0 Å². The van der Waals surface area contributed by atoms with Crippen LogP contribution in [0.5, 0.6) is 0 Å². The summed E-state index contributed by atoms with van der Waals surface area (Å²) in [5.74, 6) is -0.490. The Morgan fingerprint density at radius 3 is 2.64 bits per heavy atom. The number of nitrogens with zero attached hydrogens (tertiary/aromatic N) is 3. The fourth-order valence-electron chi connectivity index (χ4n) is 2.60. The molecule has 0 fully saturated rings. The number of carbonyl (C=O) groups is 2. The predicted octanol–water partition coefficient (Wildman–Crippen LogP) is 2.04. The van der Waals surface area contributed by atoms with Crippen molar-refractivity contribution in [3.8, 4) is 6.07 Å². The van der Waals surface area contributed by atoms with E-state index in [1.165, 1.54) is 16.9 Å². The Morgan fingerprint density at radius 2 is 2.05 bits per heavy atom. The molecule has 22 heavy (non-hydrogen) atoms. The summed E-state index contributed by atoms with van der Waals surface area (Å²) in [5.41, 5.74) is 2.10. The standard InChI is InChI=1S/C16H17N3O3/c1-10-13(15(20)22-4)14(19(3)16(21)18(10)2)12-7-5-6-11(8-12)9-17/h5-8,14H,1-4H3/t14-/m0/s1. The first-order valence-electron chi connectivity index (χ1n) is 6.72. The van der Waals surface area contributed by atoms with E-state index in [-0.39, 0.29) is 6.03 Å². The van der Waals surface area contributed by atoms with Crippen molar-refractivity contribution in [2.75, 3.05) is 21.2 Å². The lowest BCUT2D eigenvalue weighted by atomic mass is 9.93. The van der Waals surface area contributed by atoms with E-state index in [1.54, 1.807) is 45.3 Å². The van der Waals surface area contributed by atoms with Crippen LogP contribution in [-0.2, 0) is 9.53 Å². The lowest BCUT2D eigenvalue weighted by Crippen LogP contribution is -2.47. The zero-order chi connectivity index (χ0) is 16.4. The van der Waals surface area contributed by atoms with Gasteiger partial charge in [-0.2, -0.15) is 5.26 Å². The Bertz CT molecular complexity index is 703. The molecule has 1 aliphatic heterocycles. The second-order valence-electron chi connectivity index (χ2n) is 5.08. The molecule has 6 nitrogen and oxygen atoms in total. The molecule has 2 amide bonds. The Balaban J connectivity index is 2.65. The minimum atomic E-state index is -0.579. The Morgan fingerprint density at radius 1 is 1.36 bits per heavy atom. The molecule has 0 saturated carbocycles. The summed E-state index contributed by atoms with van der Waals surface area (Å²) in [4.78, 5) is 27.4. The second kappa shape index (κ2) is 5.90. The van der Waals surface area contributed by atoms with E-state index in [9.17, 15) is 9.59 Å². The van der Waals surface area contributed by atoms with Crippen molar-refractivity contribution in [3.63, 3.8) is 0 Å². The Labute approximate surface area is 129 Å². The summed E-state index contributed by atoms with van der Waals surface area (Å²) in [6, 6.07) is 8.13. The smallest absolute Gasteiger partial charge is 0.337 e. The minimum absolute atomic E-state index is 0.225. The lowest BCUT2D eigenvalue weighted by Gasteiger charge is -2.39. The molecule has 0 unspecified atom stereocenters. The van der Waals surface area contributed by atoms with Crippen LogP contribution < -0.4 is 0 Å². The highest BCUT2D eigenvalue weighted by molar-refractivity contribution is 5.94. The van der Waals surface area contributed by atoms with Crippen molar-refractivity contribution in [2.24, 2.45) is 0 Å². The molecule has 1 heterocycles. The second-order valence-corrected chi connectivity index (χ2v) is 5.08. The third kappa shape index (κ3) is 2.42. The number of carbonyl (C=O) groups excluding carboxylic acids is 2. The summed E-state index contributed by atoms with van der Waals surface area (Å²) in [7, 11) is 4.54. The van der Waals surface area contributed by atoms with Crippen LogP contribution in [0.1, 0.15) is 24.1 Å². The predicted molar refractivity (Wildman–Crippen MR) is 79.5 cm³/mol. The third-order valence-corrected chi connectivity index (χ3v) is 3.88. The molecule has 114 valence electrons. The van der Waals surface area contributed by atoms with Gasteiger partial charge in [-0.3, -0.25) is 0 Å². The van der Waals surface area contributed by atoms with E-state index in [1.807, 2.05) is 0 Å². The molecule has 2 rings (SSSR count). The molecule has 1 aromatic carbocycles. The van der Waals surface area contributed by atoms with Crippen LogP contribution >= 0.6 is 0 Å².